The minimum atomic E-state index is -0.190. The van der Waals surface area contributed by atoms with Gasteiger partial charge in [-0.15, -0.1) is 0 Å². The Morgan fingerprint density at radius 3 is 3.05 bits per heavy atom. The first-order valence-corrected chi connectivity index (χ1v) is 6.72. The van der Waals surface area contributed by atoms with Crippen LogP contribution in [0, 0.1) is 6.92 Å². The topological polar surface area (TPSA) is 72.2 Å². The summed E-state index contributed by atoms with van der Waals surface area (Å²) in [6, 6.07) is 7.52. The Hall–Kier alpha value is -2.76. The fraction of sp³-hybridized carbons (Fsp3) is 0.200. The monoisotopic (exact) mass is 281 g/mol. The van der Waals surface area contributed by atoms with E-state index in [1.807, 2.05) is 41.9 Å². The first kappa shape index (κ1) is 13.2. The molecular formula is C15H15N5O. The minimum absolute atomic E-state index is 0.190. The molecule has 0 saturated carbocycles. The highest BCUT2D eigenvalue weighted by atomic mass is 16.1. The van der Waals surface area contributed by atoms with Gasteiger partial charge in [0.1, 0.15) is 17.7 Å². The van der Waals surface area contributed by atoms with Gasteiger partial charge in [-0.3, -0.25) is 4.79 Å². The second-order valence-corrected chi connectivity index (χ2v) is 4.75. The number of aromatic nitrogens is 4. The van der Waals surface area contributed by atoms with E-state index in [4.69, 9.17) is 0 Å². The number of nitrogens with one attached hydrogen (secondary N) is 1. The van der Waals surface area contributed by atoms with Crippen LogP contribution in [0.1, 0.15) is 21.9 Å². The van der Waals surface area contributed by atoms with Gasteiger partial charge < -0.3 is 9.72 Å². The fourth-order valence-corrected chi connectivity index (χ4v) is 2.08. The number of aryl methyl sites for hydroxylation is 1. The number of pyridine rings is 1. The van der Waals surface area contributed by atoms with E-state index in [0.29, 0.717) is 18.7 Å². The average molecular weight is 281 g/mol. The third-order valence-electron chi connectivity index (χ3n) is 3.12. The van der Waals surface area contributed by atoms with Crippen molar-refractivity contribution in [2.24, 2.45) is 0 Å². The van der Waals surface area contributed by atoms with E-state index in [1.54, 1.807) is 6.07 Å². The zero-order valence-corrected chi connectivity index (χ0v) is 11.7. The van der Waals surface area contributed by atoms with Crippen molar-refractivity contribution in [3.63, 3.8) is 0 Å². The van der Waals surface area contributed by atoms with Crippen LogP contribution in [0.2, 0.25) is 0 Å². The molecule has 106 valence electrons. The highest BCUT2D eigenvalue weighted by Crippen LogP contribution is 2.04. The third kappa shape index (κ3) is 3.05. The van der Waals surface area contributed by atoms with Gasteiger partial charge in [0, 0.05) is 31.1 Å². The molecule has 1 amide bonds. The third-order valence-corrected chi connectivity index (χ3v) is 3.12. The first-order valence-electron chi connectivity index (χ1n) is 6.72. The molecule has 3 aromatic rings. The molecular weight excluding hydrogens is 266 g/mol. The molecule has 0 aliphatic heterocycles. The molecule has 3 rings (SSSR count). The van der Waals surface area contributed by atoms with Crippen LogP contribution in [0.25, 0.3) is 5.65 Å². The average Bonchev–Trinajstić information content (AvgIpc) is 2.89. The number of imidazole rings is 1. The number of rotatable bonds is 4. The molecule has 3 heterocycles. The Morgan fingerprint density at radius 2 is 2.24 bits per heavy atom. The Morgan fingerprint density at radius 1 is 1.33 bits per heavy atom. The maximum atomic E-state index is 11.9. The summed E-state index contributed by atoms with van der Waals surface area (Å²) >= 11 is 0. The van der Waals surface area contributed by atoms with Gasteiger partial charge in [-0.05, 0) is 25.1 Å². The summed E-state index contributed by atoms with van der Waals surface area (Å²) in [5, 5.41) is 2.84. The summed E-state index contributed by atoms with van der Waals surface area (Å²) in [7, 11) is 0. The first-order chi connectivity index (χ1) is 10.2. The van der Waals surface area contributed by atoms with E-state index in [2.05, 4.69) is 20.3 Å². The second kappa shape index (κ2) is 5.70. The summed E-state index contributed by atoms with van der Waals surface area (Å²) in [6.45, 7) is 2.35. The van der Waals surface area contributed by atoms with Gasteiger partial charge in [0.2, 0.25) is 0 Å². The SMILES string of the molecule is Cc1cc(C(=O)NCCc2cn3ccccc3n2)ncn1. The lowest BCUT2D eigenvalue weighted by Crippen LogP contribution is -2.26. The zero-order valence-electron chi connectivity index (χ0n) is 11.7. The minimum Gasteiger partial charge on any atom is -0.350 e. The summed E-state index contributed by atoms with van der Waals surface area (Å²) in [4.78, 5) is 24.3. The van der Waals surface area contributed by atoms with Crippen molar-refractivity contribution in [2.75, 3.05) is 6.54 Å². The van der Waals surface area contributed by atoms with E-state index in [0.717, 1.165) is 17.0 Å². The van der Waals surface area contributed by atoms with Gasteiger partial charge in [-0.25, -0.2) is 15.0 Å². The lowest BCUT2D eigenvalue weighted by atomic mass is 10.3. The largest absolute Gasteiger partial charge is 0.350 e. The molecule has 6 heteroatoms. The molecule has 0 aromatic carbocycles. The van der Waals surface area contributed by atoms with Crippen molar-refractivity contribution < 1.29 is 4.79 Å². The van der Waals surface area contributed by atoms with Crippen molar-refractivity contribution in [1.82, 2.24) is 24.7 Å². The summed E-state index contributed by atoms with van der Waals surface area (Å²) in [6.07, 6.45) is 5.99. The standard InChI is InChI=1S/C15H15N5O/c1-11-8-13(18-10-17-11)15(21)16-6-5-12-9-20-7-3-2-4-14(20)19-12/h2-4,7-10H,5-6H2,1H3,(H,16,21). The Balaban J connectivity index is 1.59. The molecule has 0 spiro atoms. The van der Waals surface area contributed by atoms with Gasteiger partial charge in [0.05, 0.1) is 5.69 Å². The molecule has 0 unspecified atom stereocenters. The zero-order chi connectivity index (χ0) is 14.7. The van der Waals surface area contributed by atoms with Crippen LogP contribution >= 0.6 is 0 Å². The molecule has 1 N–H and O–H groups in total. The predicted molar refractivity (Wildman–Crippen MR) is 78.0 cm³/mol. The molecule has 0 aliphatic rings. The van der Waals surface area contributed by atoms with Crippen LogP contribution in [0.3, 0.4) is 0 Å². The van der Waals surface area contributed by atoms with E-state index in [-0.39, 0.29) is 5.91 Å². The number of carbonyl (C=O) groups is 1. The van der Waals surface area contributed by atoms with E-state index < -0.39 is 0 Å². The van der Waals surface area contributed by atoms with Gasteiger partial charge in [-0.2, -0.15) is 0 Å². The second-order valence-electron chi connectivity index (χ2n) is 4.75. The van der Waals surface area contributed by atoms with Crippen molar-refractivity contribution >= 4 is 11.6 Å². The number of nitrogens with zero attached hydrogens (tertiary/aromatic N) is 4. The van der Waals surface area contributed by atoms with Crippen molar-refractivity contribution in [3.05, 3.63) is 60.1 Å². The molecule has 0 saturated heterocycles. The van der Waals surface area contributed by atoms with Gasteiger partial charge in [0.25, 0.3) is 5.91 Å². The predicted octanol–water partition coefficient (Wildman–Crippen LogP) is 1.41. The fourth-order valence-electron chi connectivity index (χ4n) is 2.08. The van der Waals surface area contributed by atoms with Crippen LogP contribution in [0.15, 0.2) is 43.0 Å². The van der Waals surface area contributed by atoms with Gasteiger partial charge >= 0.3 is 0 Å². The number of amides is 1. The van der Waals surface area contributed by atoms with Gasteiger partial charge in [-0.1, -0.05) is 6.07 Å². The van der Waals surface area contributed by atoms with Crippen LogP contribution in [-0.2, 0) is 6.42 Å². The number of carbonyl (C=O) groups excluding carboxylic acids is 1. The number of fused-ring (bicyclic) bond motifs is 1. The van der Waals surface area contributed by atoms with Gasteiger partial charge in [0.15, 0.2) is 0 Å². The lowest BCUT2D eigenvalue weighted by molar-refractivity contribution is 0.0949. The van der Waals surface area contributed by atoms with E-state index in [1.165, 1.54) is 6.33 Å². The van der Waals surface area contributed by atoms with Crippen LogP contribution < -0.4 is 5.32 Å². The van der Waals surface area contributed by atoms with Crippen LogP contribution in [0.5, 0.6) is 0 Å². The van der Waals surface area contributed by atoms with E-state index >= 15 is 0 Å². The Labute approximate surface area is 121 Å². The Bertz CT molecular complexity index is 747. The molecule has 0 radical (unpaired) electrons. The number of hydrogen-bond acceptors (Lipinski definition) is 4. The summed E-state index contributed by atoms with van der Waals surface area (Å²) in [5.41, 5.74) is 3.01. The normalized spacial score (nSPS) is 10.7. The summed E-state index contributed by atoms with van der Waals surface area (Å²) in [5.74, 6) is -0.190. The molecule has 0 aliphatic carbocycles. The molecule has 21 heavy (non-hydrogen) atoms. The quantitative estimate of drug-likeness (QED) is 0.784. The van der Waals surface area contributed by atoms with Crippen molar-refractivity contribution in [2.45, 2.75) is 13.3 Å². The van der Waals surface area contributed by atoms with Crippen LogP contribution in [-0.4, -0.2) is 31.8 Å². The van der Waals surface area contributed by atoms with E-state index in [9.17, 15) is 4.79 Å². The molecule has 0 fully saturated rings. The van der Waals surface area contributed by atoms with Crippen molar-refractivity contribution in [3.8, 4) is 0 Å². The molecule has 0 bridgehead atoms. The molecule has 3 aromatic heterocycles. The lowest BCUT2D eigenvalue weighted by Gasteiger charge is -2.03. The number of hydrogen-bond donors (Lipinski definition) is 1. The van der Waals surface area contributed by atoms with Crippen LogP contribution in [0.4, 0.5) is 0 Å². The Kier molecular flexibility index (Phi) is 3.59. The smallest absolute Gasteiger partial charge is 0.270 e. The highest BCUT2D eigenvalue weighted by molar-refractivity contribution is 5.92. The highest BCUT2D eigenvalue weighted by Gasteiger charge is 2.07. The molecule has 6 nitrogen and oxygen atoms in total. The van der Waals surface area contributed by atoms with Crippen molar-refractivity contribution in [1.29, 1.82) is 0 Å². The summed E-state index contributed by atoms with van der Waals surface area (Å²) < 4.78 is 1.96. The maximum Gasteiger partial charge on any atom is 0.270 e. The molecule has 0 atom stereocenters. The maximum absolute atomic E-state index is 11.9.